The first-order chi connectivity index (χ1) is 39.4. The number of likely N-dealkylation sites (N-methyl/N-ethyl adjacent to an activating group) is 2. The van der Waals surface area contributed by atoms with E-state index in [1.807, 2.05) is 19.9 Å². The minimum Gasteiger partial charge on any atom is -0.496 e. The fraction of sp³-hybridized carbons (Fsp3) is 0.403. The zero-order valence-electron chi connectivity index (χ0n) is 49.7. The highest BCUT2D eigenvalue weighted by Gasteiger charge is 2.42. The minimum atomic E-state index is -1.73. The van der Waals surface area contributed by atoms with Gasteiger partial charge >= 0.3 is 0 Å². The monoisotopic (exact) mass is 1140 g/mol. The molecule has 21 heteroatoms. The molecule has 5 aliphatic heterocycles. The van der Waals surface area contributed by atoms with Gasteiger partial charge in [0.2, 0.25) is 41.2 Å². The summed E-state index contributed by atoms with van der Waals surface area (Å²) >= 11 is 0. The van der Waals surface area contributed by atoms with Crippen LogP contribution < -0.4 is 55.0 Å². The molecule has 5 heterocycles. The van der Waals surface area contributed by atoms with E-state index in [4.69, 9.17) is 33.2 Å². The minimum absolute atomic E-state index is 0.0464. The van der Waals surface area contributed by atoms with Crippen molar-refractivity contribution in [1.82, 2.24) is 36.4 Å². The van der Waals surface area contributed by atoms with Crippen molar-refractivity contribution < 1.29 is 66.7 Å². The van der Waals surface area contributed by atoms with Gasteiger partial charge < -0.3 is 64.6 Å². The van der Waals surface area contributed by atoms with E-state index in [1.54, 1.807) is 102 Å². The lowest BCUT2D eigenvalue weighted by atomic mass is 9.86. The molecule has 0 spiro atoms. The summed E-state index contributed by atoms with van der Waals surface area (Å²) in [6.45, 7) is 13.4. The number of hydrogen-bond donors (Lipinski definition) is 5. The van der Waals surface area contributed by atoms with Gasteiger partial charge in [-0.1, -0.05) is 25.1 Å². The molecule has 0 radical (unpaired) electrons. The SMILES string of the molecule is COc1cc2c(c(OC)c1C)-c1cc(cc(C)c1OC)C1NC(=O)C3NC(=O)C(C)NC(=O)C(N(C)C(=O)C(C)N(C)C)C(C)c4ccc(c(C)c4)Oc4cc3cc(c4OC)Oc3ccc(cc3C)C(OC)C(NC1=O)C(=O)NC2C(C)=O. The molecule has 10 rings (SSSR count). The van der Waals surface area contributed by atoms with Crippen LogP contribution in [-0.4, -0.2) is 132 Å². The Labute approximate surface area is 483 Å². The smallest absolute Gasteiger partial charge is 0.248 e. The molecule has 0 saturated carbocycles. The number of methoxy groups -OCH3 is 5. The maximum Gasteiger partial charge on any atom is 0.248 e. The van der Waals surface area contributed by atoms with Gasteiger partial charge in [0.25, 0.3) is 0 Å². The van der Waals surface area contributed by atoms with Crippen molar-refractivity contribution in [1.29, 1.82) is 0 Å². The van der Waals surface area contributed by atoms with Crippen LogP contribution in [0.4, 0.5) is 0 Å². The molecule has 83 heavy (non-hydrogen) atoms. The number of hydrogen-bond acceptors (Lipinski definition) is 15. The number of Topliss-reactive ketones (excluding diaryl/α,β-unsaturated/α-hetero) is 1. The molecular formula is C62H73N7O14. The third-order valence-electron chi connectivity index (χ3n) is 15.9. The predicted molar refractivity (Wildman–Crippen MR) is 307 cm³/mol. The molecular weight excluding hydrogens is 1070 g/mol. The Morgan fingerprint density at radius 1 is 0.566 bits per heavy atom. The highest BCUT2D eigenvalue weighted by atomic mass is 16.5. The number of fused-ring (bicyclic) bond motifs is 15. The molecule has 6 amide bonds. The lowest BCUT2D eigenvalue weighted by molar-refractivity contribution is -0.143. The molecule has 11 bridgehead atoms. The van der Waals surface area contributed by atoms with Crippen molar-refractivity contribution in [2.24, 2.45) is 0 Å². The van der Waals surface area contributed by atoms with Gasteiger partial charge in [-0.2, -0.15) is 0 Å². The Kier molecular flexibility index (Phi) is 17.8. The van der Waals surface area contributed by atoms with E-state index < -0.39 is 89.6 Å². The molecule has 5 N–H and O–H groups in total. The first kappa shape index (κ1) is 60.4. The highest BCUT2D eigenvalue weighted by Crippen LogP contribution is 2.50. The summed E-state index contributed by atoms with van der Waals surface area (Å²) in [5, 5.41) is 14.4. The number of nitrogens with zero attached hydrogens (tertiary/aromatic N) is 2. The van der Waals surface area contributed by atoms with E-state index in [2.05, 4.69) is 26.6 Å². The first-order valence-corrected chi connectivity index (χ1v) is 27.1. The van der Waals surface area contributed by atoms with E-state index >= 15 is 14.4 Å². The fourth-order valence-corrected chi connectivity index (χ4v) is 11.2. The normalized spacial score (nSPS) is 22.0. The summed E-state index contributed by atoms with van der Waals surface area (Å²) in [6.07, 6.45) is -1.25. The first-order valence-electron chi connectivity index (χ1n) is 27.1. The Morgan fingerprint density at radius 3 is 1.65 bits per heavy atom. The summed E-state index contributed by atoms with van der Waals surface area (Å²) in [4.78, 5) is 108. The van der Waals surface area contributed by atoms with Crippen molar-refractivity contribution in [2.45, 2.75) is 110 Å². The van der Waals surface area contributed by atoms with E-state index in [-0.39, 0.29) is 51.3 Å². The number of nitrogens with one attached hydrogen (secondary N) is 5. The van der Waals surface area contributed by atoms with Crippen molar-refractivity contribution in [3.8, 4) is 57.1 Å². The Hall–Kier alpha value is -8.69. The highest BCUT2D eigenvalue weighted by molar-refractivity contribution is 6.00. The average Bonchev–Trinajstić information content (AvgIpc) is 2.04. The number of benzene rings is 5. The maximum atomic E-state index is 15.8. The number of ether oxygens (including phenoxy) is 7. The van der Waals surface area contributed by atoms with Crippen LogP contribution in [0.25, 0.3) is 11.1 Å². The van der Waals surface area contributed by atoms with Crippen LogP contribution in [-0.2, 0) is 38.3 Å². The quantitative estimate of drug-likeness (QED) is 0.105. The van der Waals surface area contributed by atoms with Crippen molar-refractivity contribution >= 4 is 41.2 Å². The topological polar surface area (TPSA) is 251 Å². The Bertz CT molecular complexity index is 3440. The van der Waals surface area contributed by atoms with E-state index in [1.165, 1.54) is 66.4 Å². The van der Waals surface area contributed by atoms with Crippen molar-refractivity contribution in [2.75, 3.05) is 56.7 Å². The zero-order chi connectivity index (χ0) is 60.6. The number of amides is 6. The van der Waals surface area contributed by atoms with Gasteiger partial charge in [-0.05, 0) is 156 Å². The van der Waals surface area contributed by atoms with Crippen molar-refractivity contribution in [3.05, 3.63) is 117 Å². The second-order valence-corrected chi connectivity index (χ2v) is 21.6. The number of carbonyl (C=O) groups excluding carboxylic acids is 7. The van der Waals surface area contributed by atoms with Gasteiger partial charge in [0, 0.05) is 36.8 Å². The largest absolute Gasteiger partial charge is 0.496 e. The number of carbonyl (C=O) groups is 7. The summed E-state index contributed by atoms with van der Waals surface area (Å²) in [5.41, 5.74) is 4.43. The molecule has 0 aliphatic carbocycles. The van der Waals surface area contributed by atoms with Crippen LogP contribution in [0.2, 0.25) is 0 Å². The molecule has 5 aromatic rings. The Morgan fingerprint density at radius 2 is 1.11 bits per heavy atom. The fourth-order valence-electron chi connectivity index (χ4n) is 11.2. The molecule has 5 aliphatic rings. The molecule has 0 fully saturated rings. The lowest BCUT2D eigenvalue weighted by Gasteiger charge is -2.36. The maximum absolute atomic E-state index is 15.8. The molecule has 440 valence electrons. The summed E-state index contributed by atoms with van der Waals surface area (Å²) in [7, 11) is 12.2. The average molecular weight is 1140 g/mol. The van der Waals surface area contributed by atoms with Crippen LogP contribution in [0.15, 0.2) is 66.7 Å². The van der Waals surface area contributed by atoms with Crippen LogP contribution in [0.1, 0.15) is 108 Å². The van der Waals surface area contributed by atoms with Gasteiger partial charge in [-0.25, -0.2) is 0 Å². The van der Waals surface area contributed by atoms with E-state index in [9.17, 15) is 19.2 Å². The second kappa shape index (κ2) is 24.4. The third kappa shape index (κ3) is 11.6. The number of aryl methyl sites for hydroxylation is 3. The van der Waals surface area contributed by atoms with Gasteiger partial charge in [0.05, 0.1) is 34.5 Å². The van der Waals surface area contributed by atoms with Crippen LogP contribution >= 0.6 is 0 Å². The van der Waals surface area contributed by atoms with E-state index in [0.29, 0.717) is 61.8 Å². The summed E-state index contributed by atoms with van der Waals surface area (Å²) < 4.78 is 43.6. The van der Waals surface area contributed by atoms with Crippen molar-refractivity contribution in [3.63, 3.8) is 0 Å². The van der Waals surface area contributed by atoms with Crippen LogP contribution in [0.3, 0.4) is 0 Å². The Balaban J connectivity index is 1.42. The van der Waals surface area contributed by atoms with Gasteiger partial charge in [0.1, 0.15) is 71.1 Å². The summed E-state index contributed by atoms with van der Waals surface area (Å²) in [6, 6.07) is 8.82. The standard InChI is InChI=1S/C62H73N7O14/c1-28-21-36-17-19-42(28)82-45-25-39-26-46(56(45)81-16)83-43-20-18-37(22-29(43)2)55(80-15)51-60(74)64-48(35(8)70)40-27-44(77-12)32(5)54(79-14)47(40)41-24-38(23-30(3)53(41)78-13)49(59(73)67-51)66-58(72)50(39)65-57(71)33(6)63-61(75)52(31(36)4)69(11)62(76)34(7)68(9)10/h17-27,31,33-34,48-52,55H,1-16H3,(H,63,75)(H,64,74)(H,65,71)(H,66,72)(H,67,73). The zero-order valence-corrected chi connectivity index (χ0v) is 49.7. The number of rotatable bonds is 9. The number of ketones is 1. The van der Waals surface area contributed by atoms with Gasteiger partial charge in [-0.3, -0.25) is 38.5 Å². The molecule has 21 nitrogen and oxygen atoms in total. The molecule has 9 unspecified atom stereocenters. The predicted octanol–water partition coefficient (Wildman–Crippen LogP) is 6.57. The third-order valence-corrected chi connectivity index (χ3v) is 15.9. The molecule has 0 aromatic heterocycles. The van der Waals surface area contributed by atoms with Crippen LogP contribution in [0, 0.1) is 27.7 Å². The molecule has 5 aromatic carbocycles. The second-order valence-electron chi connectivity index (χ2n) is 21.6. The van der Waals surface area contributed by atoms with E-state index in [0.717, 1.165) is 0 Å². The summed E-state index contributed by atoms with van der Waals surface area (Å²) in [5.74, 6) is -3.90. The van der Waals surface area contributed by atoms with Gasteiger partial charge in [-0.15, -0.1) is 0 Å². The van der Waals surface area contributed by atoms with Crippen LogP contribution in [0.5, 0.6) is 46.0 Å². The molecule has 9 atom stereocenters. The van der Waals surface area contributed by atoms with Gasteiger partial charge in [0.15, 0.2) is 17.3 Å². The lowest BCUT2D eigenvalue weighted by Crippen LogP contribution is -2.57. The molecule has 0 saturated heterocycles.